The van der Waals surface area contributed by atoms with Gasteiger partial charge in [0.2, 0.25) is 0 Å². The molecule has 0 spiro atoms. The van der Waals surface area contributed by atoms with Gasteiger partial charge in [-0.25, -0.2) is 5.43 Å². The maximum Gasteiger partial charge on any atom is 0.271 e. The first-order chi connectivity index (χ1) is 9.70. The van der Waals surface area contributed by atoms with E-state index in [2.05, 4.69) is 15.5 Å². The Morgan fingerprint density at radius 3 is 2.80 bits per heavy atom. The van der Waals surface area contributed by atoms with Crippen molar-refractivity contribution in [1.29, 1.82) is 0 Å². The molecule has 102 valence electrons. The van der Waals surface area contributed by atoms with Crippen LogP contribution in [0, 0.1) is 0 Å². The Balaban J connectivity index is 2.07. The molecule has 1 heterocycles. The highest BCUT2D eigenvalue weighted by atomic mass is 35.5. The van der Waals surface area contributed by atoms with Gasteiger partial charge in [-0.15, -0.1) is 0 Å². The first-order valence-electron chi connectivity index (χ1n) is 5.77. The first-order valence-corrected chi connectivity index (χ1v) is 6.15. The van der Waals surface area contributed by atoms with E-state index in [1.807, 2.05) is 0 Å². The van der Waals surface area contributed by atoms with Gasteiger partial charge in [-0.1, -0.05) is 11.6 Å². The van der Waals surface area contributed by atoms with Crippen LogP contribution in [0.3, 0.4) is 0 Å². The number of rotatable bonds is 4. The van der Waals surface area contributed by atoms with Crippen LogP contribution in [0.1, 0.15) is 15.9 Å². The van der Waals surface area contributed by atoms with Gasteiger partial charge in [-0.3, -0.25) is 9.78 Å². The van der Waals surface area contributed by atoms with Crippen LogP contribution >= 0.6 is 11.6 Å². The fourth-order valence-corrected chi connectivity index (χ4v) is 1.71. The van der Waals surface area contributed by atoms with Gasteiger partial charge >= 0.3 is 0 Å². The summed E-state index contributed by atoms with van der Waals surface area (Å²) in [7, 11) is 1.55. The molecule has 2 rings (SSSR count). The zero-order chi connectivity index (χ0) is 14.4. The number of hydrazone groups is 1. The number of hydrogen-bond donors (Lipinski definition) is 1. The van der Waals surface area contributed by atoms with E-state index in [0.29, 0.717) is 21.9 Å². The molecule has 0 aliphatic carbocycles. The van der Waals surface area contributed by atoms with Crippen molar-refractivity contribution in [2.45, 2.75) is 0 Å². The summed E-state index contributed by atoms with van der Waals surface area (Å²) >= 11 is 5.90. The normalized spacial score (nSPS) is 10.5. The van der Waals surface area contributed by atoms with Crippen LogP contribution in [0.5, 0.6) is 5.75 Å². The molecule has 0 saturated carbocycles. The molecule has 1 amide bonds. The molecule has 1 aromatic heterocycles. The van der Waals surface area contributed by atoms with E-state index < -0.39 is 0 Å². The van der Waals surface area contributed by atoms with E-state index >= 15 is 0 Å². The minimum absolute atomic E-state index is 0.315. The fraction of sp³-hybridized carbons (Fsp3) is 0.0714. The molecule has 0 bridgehead atoms. The summed E-state index contributed by atoms with van der Waals surface area (Å²) in [5.41, 5.74) is 3.58. The molecular formula is C14H12ClN3O2. The summed E-state index contributed by atoms with van der Waals surface area (Å²) in [5.74, 6) is 0.306. The van der Waals surface area contributed by atoms with Crippen molar-refractivity contribution in [2.24, 2.45) is 5.10 Å². The molecule has 1 N–H and O–H groups in total. The van der Waals surface area contributed by atoms with Crippen molar-refractivity contribution < 1.29 is 9.53 Å². The van der Waals surface area contributed by atoms with Gasteiger partial charge in [0.1, 0.15) is 5.75 Å². The molecule has 0 aliphatic heterocycles. The van der Waals surface area contributed by atoms with Crippen molar-refractivity contribution in [3.63, 3.8) is 0 Å². The Bertz CT molecular complexity index is 630. The number of nitrogens with one attached hydrogen (secondary N) is 1. The van der Waals surface area contributed by atoms with Gasteiger partial charge < -0.3 is 4.74 Å². The third kappa shape index (κ3) is 3.55. The minimum Gasteiger partial charge on any atom is -0.496 e. The number of pyridine rings is 1. The number of ether oxygens (including phenoxy) is 1. The zero-order valence-electron chi connectivity index (χ0n) is 10.7. The van der Waals surface area contributed by atoms with E-state index in [-0.39, 0.29) is 5.91 Å². The van der Waals surface area contributed by atoms with Crippen molar-refractivity contribution in [3.05, 3.63) is 58.9 Å². The van der Waals surface area contributed by atoms with Crippen LogP contribution in [-0.2, 0) is 0 Å². The molecule has 1 aromatic carbocycles. The standard InChI is InChI=1S/C14H12ClN3O2/c1-20-13-3-2-12(15)8-11(13)9-17-18-14(19)10-4-6-16-7-5-10/h2-9H,1H3,(H,18,19)/b17-9-. The summed E-state index contributed by atoms with van der Waals surface area (Å²) < 4.78 is 5.17. The lowest BCUT2D eigenvalue weighted by molar-refractivity contribution is 0.0955. The Hall–Kier alpha value is -2.40. The maximum absolute atomic E-state index is 11.7. The smallest absolute Gasteiger partial charge is 0.271 e. The second kappa shape index (κ2) is 6.68. The van der Waals surface area contributed by atoms with Gasteiger partial charge in [0.05, 0.1) is 13.3 Å². The quantitative estimate of drug-likeness (QED) is 0.695. The predicted octanol–water partition coefficient (Wildman–Crippen LogP) is 2.51. The molecule has 2 aromatic rings. The molecule has 6 heteroatoms. The predicted molar refractivity (Wildman–Crippen MR) is 77.3 cm³/mol. The Kier molecular flexibility index (Phi) is 4.68. The SMILES string of the molecule is COc1ccc(Cl)cc1/C=N\NC(=O)c1ccncc1. The Labute approximate surface area is 121 Å². The lowest BCUT2D eigenvalue weighted by Gasteiger charge is -2.04. The average Bonchev–Trinajstić information content (AvgIpc) is 2.48. The van der Waals surface area contributed by atoms with Crippen molar-refractivity contribution in [1.82, 2.24) is 10.4 Å². The molecule has 0 unspecified atom stereocenters. The molecule has 0 aliphatic rings. The molecule has 0 radical (unpaired) electrons. The third-order valence-electron chi connectivity index (χ3n) is 2.50. The van der Waals surface area contributed by atoms with E-state index in [9.17, 15) is 4.79 Å². The topological polar surface area (TPSA) is 63.6 Å². The highest BCUT2D eigenvalue weighted by Crippen LogP contribution is 2.20. The van der Waals surface area contributed by atoms with Crippen LogP contribution in [-0.4, -0.2) is 24.2 Å². The van der Waals surface area contributed by atoms with Crippen LogP contribution in [0.4, 0.5) is 0 Å². The van der Waals surface area contributed by atoms with E-state index in [1.165, 1.54) is 6.21 Å². The second-order valence-electron chi connectivity index (χ2n) is 3.82. The van der Waals surface area contributed by atoms with Crippen LogP contribution in [0.15, 0.2) is 47.8 Å². The van der Waals surface area contributed by atoms with Gasteiger partial charge in [0.15, 0.2) is 0 Å². The minimum atomic E-state index is -0.315. The molecule has 0 saturated heterocycles. The lowest BCUT2D eigenvalue weighted by atomic mass is 10.2. The van der Waals surface area contributed by atoms with Crippen LogP contribution in [0.25, 0.3) is 0 Å². The van der Waals surface area contributed by atoms with Gasteiger partial charge in [-0.2, -0.15) is 5.10 Å². The Morgan fingerprint density at radius 2 is 2.10 bits per heavy atom. The summed E-state index contributed by atoms with van der Waals surface area (Å²) in [6, 6.07) is 8.35. The van der Waals surface area contributed by atoms with E-state index in [1.54, 1.807) is 49.8 Å². The largest absolute Gasteiger partial charge is 0.496 e. The number of benzene rings is 1. The van der Waals surface area contributed by atoms with Crippen LogP contribution in [0.2, 0.25) is 5.02 Å². The molecule has 0 atom stereocenters. The number of carbonyl (C=O) groups is 1. The van der Waals surface area contributed by atoms with Gasteiger partial charge in [0, 0.05) is 28.5 Å². The number of methoxy groups -OCH3 is 1. The second-order valence-corrected chi connectivity index (χ2v) is 4.26. The monoisotopic (exact) mass is 289 g/mol. The van der Waals surface area contributed by atoms with E-state index in [0.717, 1.165) is 0 Å². The number of hydrogen-bond acceptors (Lipinski definition) is 4. The lowest BCUT2D eigenvalue weighted by Crippen LogP contribution is -2.17. The zero-order valence-corrected chi connectivity index (χ0v) is 11.5. The average molecular weight is 290 g/mol. The maximum atomic E-state index is 11.7. The van der Waals surface area contributed by atoms with Gasteiger partial charge in [-0.05, 0) is 30.3 Å². The summed E-state index contributed by atoms with van der Waals surface area (Å²) in [4.78, 5) is 15.6. The number of halogens is 1. The van der Waals surface area contributed by atoms with Crippen molar-refractivity contribution >= 4 is 23.7 Å². The first kappa shape index (κ1) is 14.0. The van der Waals surface area contributed by atoms with Crippen molar-refractivity contribution in [3.8, 4) is 5.75 Å². The summed E-state index contributed by atoms with van der Waals surface area (Å²) in [6.45, 7) is 0. The molecule has 0 fully saturated rings. The number of nitrogens with zero attached hydrogens (tertiary/aromatic N) is 2. The fourth-order valence-electron chi connectivity index (χ4n) is 1.53. The number of aromatic nitrogens is 1. The molecule has 20 heavy (non-hydrogen) atoms. The molecular weight excluding hydrogens is 278 g/mol. The number of carbonyl (C=O) groups excluding carboxylic acids is 1. The third-order valence-corrected chi connectivity index (χ3v) is 2.74. The van der Waals surface area contributed by atoms with Gasteiger partial charge in [0.25, 0.3) is 5.91 Å². The summed E-state index contributed by atoms with van der Waals surface area (Å²) in [5, 5.41) is 4.45. The highest BCUT2D eigenvalue weighted by Gasteiger charge is 2.03. The van der Waals surface area contributed by atoms with Crippen LogP contribution < -0.4 is 10.2 Å². The Morgan fingerprint density at radius 1 is 1.35 bits per heavy atom. The molecule has 5 nitrogen and oxygen atoms in total. The van der Waals surface area contributed by atoms with Crippen molar-refractivity contribution in [2.75, 3.05) is 7.11 Å². The summed E-state index contributed by atoms with van der Waals surface area (Å²) in [6.07, 6.45) is 4.56. The highest BCUT2D eigenvalue weighted by molar-refractivity contribution is 6.30. The number of amides is 1. The van der Waals surface area contributed by atoms with E-state index in [4.69, 9.17) is 16.3 Å².